The monoisotopic (exact) mass is 378 g/mol. The fourth-order valence-electron chi connectivity index (χ4n) is 3.06. The lowest BCUT2D eigenvalue weighted by molar-refractivity contribution is 0.158. The van der Waals surface area contributed by atoms with Crippen LogP contribution in [-0.4, -0.2) is 55.2 Å². The summed E-state index contributed by atoms with van der Waals surface area (Å²) in [6.45, 7) is 5.15. The average Bonchev–Trinajstić information content (AvgIpc) is 3.22. The van der Waals surface area contributed by atoms with Gasteiger partial charge in [-0.3, -0.25) is 0 Å². The quantitative estimate of drug-likeness (QED) is 0.618. The van der Waals surface area contributed by atoms with E-state index in [-0.39, 0.29) is 12.2 Å². The number of aliphatic imine (C=N–C) groups is 1. The highest BCUT2D eigenvalue weighted by molar-refractivity contribution is 5.80. The predicted molar refractivity (Wildman–Crippen MR) is 99.8 cm³/mol. The molecule has 0 radical (unpaired) electrons. The molecule has 1 fully saturated rings. The van der Waals surface area contributed by atoms with Gasteiger partial charge in [0.05, 0.1) is 18.5 Å². The van der Waals surface area contributed by atoms with E-state index in [1.165, 1.54) is 12.3 Å². The van der Waals surface area contributed by atoms with Gasteiger partial charge < -0.3 is 24.6 Å². The summed E-state index contributed by atoms with van der Waals surface area (Å²) < 4.78 is 32.6. The predicted octanol–water partition coefficient (Wildman–Crippen LogP) is 2.38. The molecule has 6 nitrogen and oxygen atoms in total. The Bertz CT molecular complexity index is 759. The summed E-state index contributed by atoms with van der Waals surface area (Å²) in [5.74, 6) is 0.283. The number of hydrogen-bond acceptors (Lipinski definition) is 4. The van der Waals surface area contributed by atoms with Crippen LogP contribution >= 0.6 is 0 Å². The van der Waals surface area contributed by atoms with Gasteiger partial charge in [0.15, 0.2) is 5.96 Å². The molecule has 146 valence electrons. The first-order valence-corrected chi connectivity index (χ1v) is 9.03. The topological polar surface area (TPSA) is 64.2 Å². The molecule has 1 aliphatic heterocycles. The van der Waals surface area contributed by atoms with Crippen molar-refractivity contribution in [3.63, 3.8) is 0 Å². The molecule has 2 N–H and O–H groups in total. The first-order chi connectivity index (χ1) is 13.1. The third-order valence-electron chi connectivity index (χ3n) is 4.45. The standard InChI is InChI=1S/C19H24F2N4O2/c1-2-22-19(23-13-17(26)18-4-3-11-27-18)25-9-7-24(8-10-25)16-12-14(20)5-6-15(16)21/h3-6,11-12,17,26H,2,7-10,13H2,1H3,(H,22,23). The smallest absolute Gasteiger partial charge is 0.194 e. The Kier molecular flexibility index (Phi) is 6.28. The molecule has 1 aromatic heterocycles. The summed E-state index contributed by atoms with van der Waals surface area (Å²) in [4.78, 5) is 8.37. The van der Waals surface area contributed by atoms with Crippen molar-refractivity contribution in [3.8, 4) is 0 Å². The van der Waals surface area contributed by atoms with Crippen molar-refractivity contribution in [1.82, 2.24) is 10.2 Å². The molecule has 27 heavy (non-hydrogen) atoms. The Balaban J connectivity index is 1.62. The van der Waals surface area contributed by atoms with Crippen molar-refractivity contribution in [3.05, 3.63) is 54.0 Å². The SMILES string of the molecule is CCNC(=NCC(O)c1ccco1)N1CCN(c2cc(F)ccc2F)CC1. The summed E-state index contributed by atoms with van der Waals surface area (Å²) >= 11 is 0. The van der Waals surface area contributed by atoms with Gasteiger partial charge in [0.1, 0.15) is 23.5 Å². The molecular weight excluding hydrogens is 354 g/mol. The van der Waals surface area contributed by atoms with Crippen LogP contribution in [0.4, 0.5) is 14.5 Å². The molecule has 3 rings (SSSR count). The fraction of sp³-hybridized carbons (Fsp3) is 0.421. The largest absolute Gasteiger partial charge is 0.467 e. The zero-order valence-electron chi connectivity index (χ0n) is 15.2. The van der Waals surface area contributed by atoms with Crippen molar-refractivity contribution in [1.29, 1.82) is 0 Å². The number of halogens is 2. The van der Waals surface area contributed by atoms with E-state index in [1.807, 2.05) is 16.7 Å². The summed E-state index contributed by atoms with van der Waals surface area (Å²) in [6.07, 6.45) is 0.703. The molecule has 1 unspecified atom stereocenters. The molecule has 8 heteroatoms. The van der Waals surface area contributed by atoms with Crippen molar-refractivity contribution in [2.75, 3.05) is 44.2 Å². The first kappa shape index (κ1) is 19.2. The van der Waals surface area contributed by atoms with E-state index in [2.05, 4.69) is 10.3 Å². The van der Waals surface area contributed by atoms with Crippen LogP contribution < -0.4 is 10.2 Å². The van der Waals surface area contributed by atoms with Crippen molar-refractivity contribution in [2.45, 2.75) is 13.0 Å². The Morgan fingerprint density at radius 1 is 1.26 bits per heavy atom. The number of benzene rings is 1. The van der Waals surface area contributed by atoms with E-state index < -0.39 is 17.7 Å². The van der Waals surface area contributed by atoms with Gasteiger partial charge in [0, 0.05) is 38.8 Å². The van der Waals surface area contributed by atoms with Crippen LogP contribution in [0.15, 0.2) is 46.0 Å². The minimum absolute atomic E-state index is 0.175. The van der Waals surface area contributed by atoms with E-state index in [0.717, 1.165) is 12.1 Å². The van der Waals surface area contributed by atoms with Gasteiger partial charge in [0.25, 0.3) is 0 Å². The summed E-state index contributed by atoms with van der Waals surface area (Å²) in [5, 5.41) is 13.3. The second kappa shape index (κ2) is 8.85. The number of aliphatic hydroxyl groups is 1. The Hall–Kier alpha value is -2.61. The van der Waals surface area contributed by atoms with E-state index in [0.29, 0.717) is 44.4 Å². The highest BCUT2D eigenvalue weighted by Gasteiger charge is 2.22. The Morgan fingerprint density at radius 2 is 2.04 bits per heavy atom. The number of rotatable bonds is 5. The fourth-order valence-corrected chi connectivity index (χ4v) is 3.06. The zero-order valence-corrected chi connectivity index (χ0v) is 15.2. The summed E-state index contributed by atoms with van der Waals surface area (Å²) in [7, 11) is 0. The molecule has 1 saturated heterocycles. The van der Waals surface area contributed by atoms with Crippen LogP contribution in [0.25, 0.3) is 0 Å². The lowest BCUT2D eigenvalue weighted by Gasteiger charge is -2.37. The van der Waals surface area contributed by atoms with Gasteiger partial charge in [-0.2, -0.15) is 0 Å². The van der Waals surface area contributed by atoms with Crippen LogP contribution in [0.1, 0.15) is 18.8 Å². The number of piperazine rings is 1. The molecule has 0 aliphatic carbocycles. The molecule has 2 aromatic rings. The Morgan fingerprint density at radius 3 is 2.70 bits per heavy atom. The molecule has 1 aromatic carbocycles. The van der Waals surface area contributed by atoms with Crippen LogP contribution in [0, 0.1) is 11.6 Å². The Labute approximate surface area is 157 Å². The maximum atomic E-state index is 14.0. The first-order valence-electron chi connectivity index (χ1n) is 9.03. The van der Waals surface area contributed by atoms with E-state index >= 15 is 0 Å². The minimum atomic E-state index is -0.809. The molecule has 1 atom stereocenters. The van der Waals surface area contributed by atoms with Gasteiger partial charge in [-0.05, 0) is 31.2 Å². The van der Waals surface area contributed by atoms with E-state index in [1.54, 1.807) is 12.1 Å². The normalized spacial score (nSPS) is 16.5. The minimum Gasteiger partial charge on any atom is -0.467 e. The lowest BCUT2D eigenvalue weighted by atomic mass is 10.2. The molecule has 0 spiro atoms. The second-order valence-electron chi connectivity index (χ2n) is 6.30. The zero-order chi connectivity index (χ0) is 19.2. The van der Waals surface area contributed by atoms with Crippen molar-refractivity contribution >= 4 is 11.6 Å². The molecule has 2 heterocycles. The maximum Gasteiger partial charge on any atom is 0.194 e. The number of guanidine groups is 1. The average molecular weight is 378 g/mol. The number of nitrogens with one attached hydrogen (secondary N) is 1. The highest BCUT2D eigenvalue weighted by Crippen LogP contribution is 2.22. The molecule has 0 bridgehead atoms. The maximum absolute atomic E-state index is 14.0. The van der Waals surface area contributed by atoms with Crippen molar-refractivity contribution < 1.29 is 18.3 Å². The number of anilines is 1. The molecule has 1 aliphatic rings. The number of furan rings is 1. The van der Waals surface area contributed by atoms with Crippen LogP contribution in [-0.2, 0) is 0 Å². The van der Waals surface area contributed by atoms with E-state index in [9.17, 15) is 13.9 Å². The summed E-state index contributed by atoms with van der Waals surface area (Å²) in [5.41, 5.74) is 0.282. The number of aliphatic hydroxyl groups excluding tert-OH is 1. The van der Waals surface area contributed by atoms with E-state index in [4.69, 9.17) is 4.42 Å². The van der Waals surface area contributed by atoms with Crippen LogP contribution in [0.2, 0.25) is 0 Å². The third-order valence-corrected chi connectivity index (χ3v) is 4.45. The van der Waals surface area contributed by atoms with Crippen molar-refractivity contribution in [2.24, 2.45) is 4.99 Å². The van der Waals surface area contributed by atoms with Gasteiger partial charge in [-0.15, -0.1) is 0 Å². The van der Waals surface area contributed by atoms with Gasteiger partial charge >= 0.3 is 0 Å². The number of hydrogen-bond donors (Lipinski definition) is 2. The molecule has 0 saturated carbocycles. The van der Waals surface area contributed by atoms with Gasteiger partial charge in [-0.1, -0.05) is 0 Å². The number of nitrogens with zero attached hydrogens (tertiary/aromatic N) is 3. The second-order valence-corrected chi connectivity index (χ2v) is 6.30. The summed E-state index contributed by atoms with van der Waals surface area (Å²) in [6, 6.07) is 6.93. The third kappa shape index (κ3) is 4.77. The van der Waals surface area contributed by atoms with Crippen LogP contribution in [0.3, 0.4) is 0 Å². The molecule has 0 amide bonds. The van der Waals surface area contributed by atoms with Gasteiger partial charge in [0.2, 0.25) is 0 Å². The molecular formula is C19H24F2N4O2. The van der Waals surface area contributed by atoms with Gasteiger partial charge in [-0.25, -0.2) is 13.8 Å². The van der Waals surface area contributed by atoms with Crippen LogP contribution in [0.5, 0.6) is 0 Å². The highest BCUT2D eigenvalue weighted by atomic mass is 19.1. The lowest BCUT2D eigenvalue weighted by Crippen LogP contribution is -2.52.